The summed E-state index contributed by atoms with van der Waals surface area (Å²) in [4.78, 5) is 38.2. The van der Waals surface area contributed by atoms with Gasteiger partial charge in [0.2, 0.25) is 5.91 Å². The molecule has 0 atom stereocenters. The third-order valence-corrected chi connectivity index (χ3v) is 5.26. The van der Waals surface area contributed by atoms with Gasteiger partial charge in [-0.2, -0.15) is 0 Å². The molecule has 3 heterocycles. The van der Waals surface area contributed by atoms with E-state index in [1.807, 2.05) is 32.9 Å². The molecule has 7 nitrogen and oxygen atoms in total. The third-order valence-electron chi connectivity index (χ3n) is 4.05. The van der Waals surface area contributed by atoms with Gasteiger partial charge in [-0.1, -0.05) is 13.8 Å². The first-order valence-electron chi connectivity index (χ1n) is 8.64. The fraction of sp³-hybridized carbons (Fsp3) is 0.316. The zero-order valence-electron chi connectivity index (χ0n) is 15.5. The number of aryl methyl sites for hydroxylation is 1. The fourth-order valence-electron chi connectivity index (χ4n) is 2.47. The van der Waals surface area contributed by atoms with Crippen LogP contribution in [-0.4, -0.2) is 25.4 Å². The van der Waals surface area contributed by atoms with E-state index in [-0.39, 0.29) is 23.9 Å². The molecule has 3 rings (SSSR count). The molecule has 0 saturated heterocycles. The molecule has 0 aliphatic carbocycles. The van der Waals surface area contributed by atoms with Crippen molar-refractivity contribution in [2.45, 2.75) is 39.8 Å². The summed E-state index contributed by atoms with van der Waals surface area (Å²) in [6.07, 6.45) is 4.91. The van der Waals surface area contributed by atoms with Crippen molar-refractivity contribution in [2.24, 2.45) is 0 Å². The molecule has 0 unspecified atom stereocenters. The molecule has 8 heteroatoms. The highest BCUT2D eigenvalue weighted by atomic mass is 32.1. The normalized spacial score (nSPS) is 11.0. The smallest absolute Gasteiger partial charge is 0.254 e. The van der Waals surface area contributed by atoms with E-state index >= 15 is 0 Å². The summed E-state index contributed by atoms with van der Waals surface area (Å²) in [5.74, 6) is -0.0728. The Labute approximate surface area is 161 Å². The number of rotatable bonds is 6. The second kappa shape index (κ2) is 8.22. The lowest BCUT2D eigenvalue weighted by atomic mass is 10.1. The van der Waals surface area contributed by atoms with Crippen molar-refractivity contribution in [3.63, 3.8) is 0 Å². The SMILES string of the molecule is Cc1nc(-c2cccnc2)sc1CNC(=O)Cn1cnc(C(C)C)cc1=O. The maximum absolute atomic E-state index is 12.2. The van der Waals surface area contributed by atoms with Crippen LogP contribution in [0.15, 0.2) is 41.7 Å². The van der Waals surface area contributed by atoms with Crippen molar-refractivity contribution in [1.29, 1.82) is 0 Å². The Hall–Kier alpha value is -2.87. The Morgan fingerprint density at radius 3 is 2.85 bits per heavy atom. The summed E-state index contributed by atoms with van der Waals surface area (Å²) in [5, 5.41) is 3.72. The van der Waals surface area contributed by atoms with E-state index in [0.717, 1.165) is 26.8 Å². The second-order valence-electron chi connectivity index (χ2n) is 6.48. The number of carbonyl (C=O) groups excluding carboxylic acids is 1. The van der Waals surface area contributed by atoms with Gasteiger partial charge in [-0.3, -0.25) is 19.1 Å². The fourth-order valence-corrected chi connectivity index (χ4v) is 3.46. The van der Waals surface area contributed by atoms with E-state index in [4.69, 9.17) is 0 Å². The van der Waals surface area contributed by atoms with Crippen molar-refractivity contribution in [2.75, 3.05) is 0 Å². The average Bonchev–Trinajstić information content (AvgIpc) is 3.03. The van der Waals surface area contributed by atoms with Gasteiger partial charge in [0.1, 0.15) is 11.6 Å². The van der Waals surface area contributed by atoms with Crippen LogP contribution in [0.25, 0.3) is 10.6 Å². The van der Waals surface area contributed by atoms with Crippen LogP contribution < -0.4 is 10.9 Å². The van der Waals surface area contributed by atoms with Crippen LogP contribution in [0.2, 0.25) is 0 Å². The maximum atomic E-state index is 12.2. The number of carbonyl (C=O) groups is 1. The first-order valence-corrected chi connectivity index (χ1v) is 9.45. The van der Waals surface area contributed by atoms with Crippen LogP contribution in [-0.2, 0) is 17.9 Å². The maximum Gasteiger partial charge on any atom is 0.254 e. The first-order chi connectivity index (χ1) is 12.9. The first kappa shape index (κ1) is 18.9. The topological polar surface area (TPSA) is 89.8 Å². The van der Waals surface area contributed by atoms with Gasteiger partial charge in [0.25, 0.3) is 5.56 Å². The van der Waals surface area contributed by atoms with E-state index < -0.39 is 0 Å². The van der Waals surface area contributed by atoms with Crippen molar-refractivity contribution in [1.82, 2.24) is 24.8 Å². The van der Waals surface area contributed by atoms with E-state index in [1.165, 1.54) is 28.3 Å². The lowest BCUT2D eigenvalue weighted by Gasteiger charge is -2.08. The van der Waals surface area contributed by atoms with Crippen LogP contribution in [0.1, 0.15) is 36.0 Å². The lowest BCUT2D eigenvalue weighted by Crippen LogP contribution is -2.32. The van der Waals surface area contributed by atoms with E-state index in [2.05, 4.69) is 20.3 Å². The molecule has 0 bridgehead atoms. The second-order valence-corrected chi connectivity index (χ2v) is 7.56. The summed E-state index contributed by atoms with van der Waals surface area (Å²) in [7, 11) is 0. The molecule has 0 aromatic carbocycles. The highest BCUT2D eigenvalue weighted by Crippen LogP contribution is 2.27. The predicted molar refractivity (Wildman–Crippen MR) is 105 cm³/mol. The Morgan fingerprint density at radius 2 is 2.19 bits per heavy atom. The molecular weight excluding hydrogens is 362 g/mol. The van der Waals surface area contributed by atoms with Gasteiger partial charge < -0.3 is 5.32 Å². The van der Waals surface area contributed by atoms with Crippen molar-refractivity contribution >= 4 is 17.2 Å². The predicted octanol–water partition coefficient (Wildman–Crippen LogP) is 2.51. The van der Waals surface area contributed by atoms with Gasteiger partial charge in [-0.05, 0) is 25.0 Å². The number of hydrogen-bond acceptors (Lipinski definition) is 6. The number of amides is 1. The highest BCUT2D eigenvalue weighted by Gasteiger charge is 2.12. The molecule has 1 N–H and O–H groups in total. The van der Waals surface area contributed by atoms with Crippen LogP contribution in [0.3, 0.4) is 0 Å². The number of nitrogens with zero attached hydrogens (tertiary/aromatic N) is 4. The number of hydrogen-bond donors (Lipinski definition) is 1. The third kappa shape index (κ3) is 4.65. The molecule has 0 aliphatic rings. The van der Waals surface area contributed by atoms with Crippen LogP contribution in [0.4, 0.5) is 0 Å². The molecule has 3 aromatic heterocycles. The Bertz CT molecular complexity index is 995. The van der Waals surface area contributed by atoms with Gasteiger partial charge in [0.15, 0.2) is 0 Å². The molecule has 3 aromatic rings. The molecule has 0 aliphatic heterocycles. The summed E-state index contributed by atoms with van der Waals surface area (Å²) in [6, 6.07) is 5.29. The number of aromatic nitrogens is 4. The van der Waals surface area contributed by atoms with E-state index in [0.29, 0.717) is 6.54 Å². The number of thiazole rings is 1. The van der Waals surface area contributed by atoms with E-state index in [9.17, 15) is 9.59 Å². The molecule has 0 spiro atoms. The van der Waals surface area contributed by atoms with Crippen LogP contribution >= 0.6 is 11.3 Å². The lowest BCUT2D eigenvalue weighted by molar-refractivity contribution is -0.121. The van der Waals surface area contributed by atoms with Crippen molar-refractivity contribution in [3.8, 4) is 10.6 Å². The largest absolute Gasteiger partial charge is 0.350 e. The summed E-state index contributed by atoms with van der Waals surface area (Å²) in [5.41, 5.74) is 2.32. The van der Waals surface area contributed by atoms with Gasteiger partial charge in [0, 0.05) is 28.9 Å². The zero-order chi connectivity index (χ0) is 19.4. The van der Waals surface area contributed by atoms with Crippen LogP contribution in [0, 0.1) is 6.92 Å². The van der Waals surface area contributed by atoms with Gasteiger partial charge in [-0.25, -0.2) is 9.97 Å². The molecular formula is C19H21N5O2S. The zero-order valence-corrected chi connectivity index (χ0v) is 16.3. The van der Waals surface area contributed by atoms with Gasteiger partial charge in [0.05, 0.1) is 24.3 Å². The quantitative estimate of drug-likeness (QED) is 0.706. The molecule has 140 valence electrons. The highest BCUT2D eigenvalue weighted by molar-refractivity contribution is 7.15. The molecule has 0 saturated carbocycles. The minimum absolute atomic E-state index is 0.0580. The summed E-state index contributed by atoms with van der Waals surface area (Å²) in [6.45, 7) is 6.16. The number of nitrogens with one attached hydrogen (secondary N) is 1. The number of pyridine rings is 1. The van der Waals surface area contributed by atoms with Gasteiger partial charge >= 0.3 is 0 Å². The standard InChI is InChI=1S/C19H21N5O2S/c1-12(2)15-7-18(26)24(11-22-15)10-17(25)21-9-16-13(3)23-19(27-16)14-5-4-6-20-8-14/h4-8,11-12H,9-10H2,1-3H3,(H,21,25). The Morgan fingerprint density at radius 1 is 1.37 bits per heavy atom. The molecule has 0 radical (unpaired) electrons. The van der Waals surface area contributed by atoms with Crippen molar-refractivity contribution < 1.29 is 4.79 Å². The Balaban J connectivity index is 1.63. The summed E-state index contributed by atoms with van der Waals surface area (Å²) >= 11 is 1.52. The average molecular weight is 383 g/mol. The molecule has 27 heavy (non-hydrogen) atoms. The summed E-state index contributed by atoms with van der Waals surface area (Å²) < 4.78 is 1.31. The minimum atomic E-state index is -0.244. The van der Waals surface area contributed by atoms with Crippen LogP contribution in [0.5, 0.6) is 0 Å². The molecule has 0 fully saturated rings. The monoisotopic (exact) mass is 383 g/mol. The van der Waals surface area contributed by atoms with Crippen molar-refractivity contribution in [3.05, 3.63) is 63.5 Å². The van der Waals surface area contributed by atoms with Gasteiger partial charge in [-0.15, -0.1) is 11.3 Å². The minimum Gasteiger partial charge on any atom is -0.350 e. The van der Waals surface area contributed by atoms with E-state index in [1.54, 1.807) is 12.4 Å². The Kier molecular flexibility index (Phi) is 5.75. The molecule has 1 amide bonds.